The molecule has 6 heteroatoms. The quantitative estimate of drug-likeness (QED) is 0.554. The van der Waals surface area contributed by atoms with E-state index in [1.807, 2.05) is 6.92 Å². The molecule has 1 N–H and O–H groups in total. The minimum atomic E-state index is -0.448. The molecule has 0 aromatic rings. The lowest BCUT2D eigenvalue weighted by Crippen LogP contribution is -2.50. The molecule has 1 aliphatic carbocycles. The van der Waals surface area contributed by atoms with Gasteiger partial charge in [-0.2, -0.15) is 0 Å². The van der Waals surface area contributed by atoms with Gasteiger partial charge < -0.3 is 4.74 Å². The highest BCUT2D eigenvalue weighted by molar-refractivity contribution is 8.22. The van der Waals surface area contributed by atoms with Crippen LogP contribution in [0.2, 0.25) is 0 Å². The zero-order chi connectivity index (χ0) is 15.5. The summed E-state index contributed by atoms with van der Waals surface area (Å²) < 4.78 is 8.74. The van der Waals surface area contributed by atoms with E-state index in [0.717, 1.165) is 23.8 Å². The van der Waals surface area contributed by atoms with Crippen LogP contribution in [0.1, 0.15) is 47.0 Å². The molecule has 122 valence electrons. The fraction of sp³-hybridized carbons (Fsp3) is 0.933. The summed E-state index contributed by atoms with van der Waals surface area (Å²) in [4.78, 5) is 12.6. The minimum absolute atomic E-state index is 0.0369. The fourth-order valence-electron chi connectivity index (χ4n) is 2.34. The van der Waals surface area contributed by atoms with Gasteiger partial charge in [0.25, 0.3) is 0 Å². The van der Waals surface area contributed by atoms with Gasteiger partial charge >= 0.3 is 5.97 Å². The normalized spacial score (nSPS) is 23.0. The monoisotopic (exact) mass is 349 g/mol. The lowest BCUT2D eigenvalue weighted by Gasteiger charge is -2.35. The maximum absolute atomic E-state index is 12.6. The van der Waals surface area contributed by atoms with Gasteiger partial charge in [-0.1, -0.05) is 24.8 Å². The van der Waals surface area contributed by atoms with Crippen molar-refractivity contribution in [2.75, 3.05) is 18.1 Å². The van der Waals surface area contributed by atoms with Gasteiger partial charge in [-0.05, 0) is 40.0 Å². The molecule has 1 atom stereocenters. The van der Waals surface area contributed by atoms with Crippen molar-refractivity contribution >= 4 is 41.4 Å². The third-order valence-corrected chi connectivity index (χ3v) is 8.07. The Bertz CT molecular complexity index is 360. The van der Waals surface area contributed by atoms with Gasteiger partial charge in [0.1, 0.15) is 0 Å². The van der Waals surface area contributed by atoms with Crippen LogP contribution in [0.15, 0.2) is 0 Å². The number of hydrogen-bond donors (Lipinski definition) is 1. The topological polar surface area (TPSA) is 38.3 Å². The third-order valence-electron chi connectivity index (χ3n) is 3.51. The molecule has 0 aromatic heterocycles. The first-order valence-corrected chi connectivity index (χ1v) is 10.5. The average Bonchev–Trinajstić information content (AvgIpc) is 3.08. The van der Waals surface area contributed by atoms with E-state index in [2.05, 4.69) is 25.5 Å². The Morgan fingerprint density at radius 1 is 1.38 bits per heavy atom. The van der Waals surface area contributed by atoms with Gasteiger partial charge in [-0.3, -0.25) is 4.72 Å². The predicted octanol–water partition coefficient (Wildman–Crippen LogP) is 3.93. The number of esters is 1. The molecule has 0 radical (unpaired) electrons. The van der Waals surface area contributed by atoms with Crippen LogP contribution >= 0.6 is 35.5 Å². The van der Waals surface area contributed by atoms with Gasteiger partial charge in [0.15, 0.2) is 4.08 Å². The fourth-order valence-corrected chi connectivity index (χ4v) is 6.43. The molecule has 0 amide bonds. The van der Waals surface area contributed by atoms with E-state index >= 15 is 0 Å². The molecule has 0 aromatic carbocycles. The van der Waals surface area contributed by atoms with Crippen LogP contribution in [0, 0.1) is 5.92 Å². The number of nitrogens with one attached hydrogen (secondary N) is 1. The van der Waals surface area contributed by atoms with E-state index in [4.69, 9.17) is 4.74 Å². The molecular formula is C15H27NO2S3. The first-order chi connectivity index (χ1) is 9.87. The number of carbonyl (C=O) groups excluding carboxylic acids is 1. The summed E-state index contributed by atoms with van der Waals surface area (Å²) in [6, 6.07) is 0.186. The van der Waals surface area contributed by atoms with Gasteiger partial charge in [-0.15, -0.1) is 23.5 Å². The summed E-state index contributed by atoms with van der Waals surface area (Å²) in [6.07, 6.45) is 3.71. The lowest BCUT2D eigenvalue weighted by atomic mass is 10.1. The molecular weight excluding hydrogens is 322 g/mol. The highest BCUT2D eigenvalue weighted by atomic mass is 32.2. The van der Waals surface area contributed by atoms with Gasteiger partial charge in [0, 0.05) is 16.3 Å². The van der Waals surface area contributed by atoms with Gasteiger partial charge in [0.05, 0.1) is 12.6 Å². The molecule has 3 nitrogen and oxygen atoms in total. The van der Waals surface area contributed by atoms with Crippen molar-refractivity contribution in [2.45, 2.75) is 61.8 Å². The number of carbonyl (C=O) groups is 1. The van der Waals surface area contributed by atoms with Crippen LogP contribution < -0.4 is 4.72 Å². The maximum Gasteiger partial charge on any atom is 0.334 e. The molecule has 2 rings (SSSR count). The minimum Gasteiger partial charge on any atom is -0.464 e. The van der Waals surface area contributed by atoms with Gasteiger partial charge in [0.2, 0.25) is 0 Å². The lowest BCUT2D eigenvalue weighted by molar-refractivity contribution is -0.143. The SMILES string of the molecule is CCOC(=O)C1(C(CC2CC2)NSC(C)(C)C)SCCS1. The van der Waals surface area contributed by atoms with Crippen molar-refractivity contribution in [1.29, 1.82) is 0 Å². The molecule has 1 unspecified atom stereocenters. The highest BCUT2D eigenvalue weighted by Crippen LogP contribution is 2.51. The Morgan fingerprint density at radius 2 is 2.00 bits per heavy atom. The van der Waals surface area contributed by atoms with Crippen molar-refractivity contribution in [3.8, 4) is 0 Å². The maximum atomic E-state index is 12.6. The first kappa shape index (κ1) is 17.8. The Hall–Kier alpha value is 0.480. The summed E-state index contributed by atoms with van der Waals surface area (Å²) in [5.74, 6) is 2.82. The van der Waals surface area contributed by atoms with Crippen LogP contribution in [0.5, 0.6) is 0 Å². The van der Waals surface area contributed by atoms with E-state index < -0.39 is 4.08 Å². The molecule has 1 heterocycles. The summed E-state index contributed by atoms with van der Waals surface area (Å²) in [6.45, 7) is 8.95. The molecule has 1 aliphatic heterocycles. The summed E-state index contributed by atoms with van der Waals surface area (Å²) in [7, 11) is 0. The molecule has 0 spiro atoms. The van der Waals surface area contributed by atoms with Crippen LogP contribution in [-0.4, -0.2) is 38.9 Å². The Labute approximate surface area is 141 Å². The number of rotatable bonds is 7. The number of ether oxygens (including phenoxy) is 1. The first-order valence-electron chi connectivity index (χ1n) is 7.76. The summed E-state index contributed by atoms with van der Waals surface area (Å²) in [5.41, 5.74) is 0. The van der Waals surface area contributed by atoms with Crippen molar-refractivity contribution in [2.24, 2.45) is 5.92 Å². The van der Waals surface area contributed by atoms with Crippen molar-refractivity contribution in [3.63, 3.8) is 0 Å². The van der Waals surface area contributed by atoms with Gasteiger partial charge in [-0.25, -0.2) is 4.79 Å². The summed E-state index contributed by atoms with van der Waals surface area (Å²) >= 11 is 5.31. The van der Waals surface area contributed by atoms with E-state index in [0.29, 0.717) is 6.61 Å². The van der Waals surface area contributed by atoms with Crippen molar-refractivity contribution in [1.82, 2.24) is 4.72 Å². The smallest absolute Gasteiger partial charge is 0.334 e. The number of hydrogen-bond acceptors (Lipinski definition) is 6. The average molecular weight is 350 g/mol. The third kappa shape index (κ3) is 4.98. The zero-order valence-electron chi connectivity index (χ0n) is 13.4. The largest absolute Gasteiger partial charge is 0.464 e. The molecule has 21 heavy (non-hydrogen) atoms. The zero-order valence-corrected chi connectivity index (χ0v) is 15.9. The molecule has 1 saturated carbocycles. The second kappa shape index (κ2) is 7.37. The van der Waals surface area contributed by atoms with Crippen LogP contribution in [0.25, 0.3) is 0 Å². The molecule has 2 aliphatic rings. The Kier molecular flexibility index (Phi) is 6.25. The van der Waals surface area contributed by atoms with E-state index in [9.17, 15) is 4.79 Å². The van der Waals surface area contributed by atoms with Crippen molar-refractivity contribution < 1.29 is 9.53 Å². The van der Waals surface area contributed by atoms with E-state index in [1.165, 1.54) is 12.8 Å². The molecule has 1 saturated heterocycles. The standard InChI is InChI=1S/C15H27NO2S3/c1-5-18-13(17)15(19-8-9-20-15)12(10-11-6-7-11)16-21-14(2,3)4/h11-12,16H,5-10H2,1-4H3. The van der Waals surface area contributed by atoms with E-state index in [-0.39, 0.29) is 16.8 Å². The van der Waals surface area contributed by atoms with Crippen molar-refractivity contribution in [3.05, 3.63) is 0 Å². The van der Waals surface area contributed by atoms with E-state index in [1.54, 1.807) is 35.5 Å². The summed E-state index contributed by atoms with van der Waals surface area (Å²) in [5, 5.41) is 0. The predicted molar refractivity (Wildman–Crippen MR) is 95.9 cm³/mol. The second-order valence-corrected chi connectivity index (χ2v) is 11.3. The van der Waals surface area contributed by atoms with Crippen LogP contribution in [0.4, 0.5) is 0 Å². The Balaban J connectivity index is 2.11. The second-order valence-electron chi connectivity index (χ2n) is 6.65. The number of thioether (sulfide) groups is 2. The van der Waals surface area contributed by atoms with Crippen LogP contribution in [0.3, 0.4) is 0 Å². The molecule has 2 fully saturated rings. The highest BCUT2D eigenvalue weighted by Gasteiger charge is 2.52. The Morgan fingerprint density at radius 3 is 2.48 bits per heavy atom. The van der Waals surface area contributed by atoms with Crippen LogP contribution in [-0.2, 0) is 9.53 Å². The molecule has 0 bridgehead atoms.